The first-order chi connectivity index (χ1) is 25.7. The molecule has 0 radical (unpaired) electrons. The Balaban J connectivity index is 1.07. The van der Waals surface area contributed by atoms with E-state index in [4.69, 9.17) is 0 Å². The van der Waals surface area contributed by atoms with E-state index in [1.807, 2.05) is 11.3 Å². The summed E-state index contributed by atoms with van der Waals surface area (Å²) in [7, 11) is 0. The molecule has 2 heteroatoms. The van der Waals surface area contributed by atoms with Gasteiger partial charge in [0.05, 0.1) is 0 Å². The van der Waals surface area contributed by atoms with Gasteiger partial charge >= 0.3 is 0 Å². The summed E-state index contributed by atoms with van der Waals surface area (Å²) in [4.78, 5) is 2.37. The molecule has 10 rings (SSSR count). The maximum Gasteiger partial charge on any atom is 0.0467 e. The molecule has 0 aliphatic carbocycles. The number of nitrogens with zero attached hydrogens (tertiary/aromatic N) is 1. The molecule has 0 bridgehead atoms. The predicted molar refractivity (Wildman–Crippen MR) is 225 cm³/mol. The summed E-state index contributed by atoms with van der Waals surface area (Å²) in [6, 6.07) is 73.0. The topological polar surface area (TPSA) is 3.24 Å². The Morgan fingerprint density at radius 2 is 0.827 bits per heavy atom. The summed E-state index contributed by atoms with van der Waals surface area (Å²) >= 11 is 1.86. The molecular formula is C50H33NS. The van der Waals surface area contributed by atoms with E-state index >= 15 is 0 Å². The van der Waals surface area contributed by atoms with Crippen molar-refractivity contribution in [2.75, 3.05) is 4.90 Å². The minimum absolute atomic E-state index is 1.11. The van der Waals surface area contributed by atoms with Crippen LogP contribution in [0.5, 0.6) is 0 Å². The zero-order chi connectivity index (χ0) is 34.4. The highest BCUT2D eigenvalue weighted by Crippen LogP contribution is 2.42. The second-order valence-corrected chi connectivity index (χ2v) is 14.5. The Labute approximate surface area is 307 Å². The van der Waals surface area contributed by atoms with Crippen LogP contribution >= 0.6 is 11.3 Å². The van der Waals surface area contributed by atoms with Crippen LogP contribution in [0.2, 0.25) is 0 Å². The summed E-state index contributed by atoms with van der Waals surface area (Å²) in [5.74, 6) is 0. The van der Waals surface area contributed by atoms with Crippen LogP contribution in [0.15, 0.2) is 200 Å². The monoisotopic (exact) mass is 679 g/mol. The highest BCUT2D eigenvalue weighted by Gasteiger charge is 2.16. The fraction of sp³-hybridized carbons (Fsp3) is 0. The lowest BCUT2D eigenvalue weighted by molar-refractivity contribution is 1.28. The molecule has 0 aliphatic heterocycles. The van der Waals surface area contributed by atoms with Crippen LogP contribution in [0, 0.1) is 0 Å². The molecule has 0 spiro atoms. The van der Waals surface area contributed by atoms with Gasteiger partial charge in [0.15, 0.2) is 0 Å². The van der Waals surface area contributed by atoms with Crippen molar-refractivity contribution in [1.29, 1.82) is 0 Å². The van der Waals surface area contributed by atoms with Crippen molar-refractivity contribution in [3.8, 4) is 33.4 Å². The number of anilines is 3. The normalized spacial score (nSPS) is 11.5. The van der Waals surface area contributed by atoms with Gasteiger partial charge in [-0.3, -0.25) is 0 Å². The van der Waals surface area contributed by atoms with Crippen LogP contribution in [-0.2, 0) is 0 Å². The fourth-order valence-corrected chi connectivity index (χ4v) is 8.75. The van der Waals surface area contributed by atoms with Gasteiger partial charge in [0.2, 0.25) is 0 Å². The molecule has 244 valence electrons. The van der Waals surface area contributed by atoms with Crippen molar-refractivity contribution in [1.82, 2.24) is 0 Å². The maximum absolute atomic E-state index is 2.37. The lowest BCUT2D eigenvalue weighted by atomic mass is 9.98. The molecule has 0 fully saturated rings. The second kappa shape index (κ2) is 12.7. The maximum atomic E-state index is 2.37. The van der Waals surface area contributed by atoms with E-state index in [1.165, 1.54) is 75.1 Å². The Morgan fingerprint density at radius 3 is 1.52 bits per heavy atom. The van der Waals surface area contributed by atoms with Gasteiger partial charge in [-0.25, -0.2) is 0 Å². The van der Waals surface area contributed by atoms with Crippen LogP contribution in [-0.4, -0.2) is 0 Å². The Morgan fingerprint density at radius 1 is 0.308 bits per heavy atom. The first-order valence-electron chi connectivity index (χ1n) is 17.7. The summed E-state index contributed by atoms with van der Waals surface area (Å²) in [6.07, 6.45) is 0. The minimum atomic E-state index is 1.11. The average molecular weight is 680 g/mol. The zero-order valence-electron chi connectivity index (χ0n) is 28.4. The Bertz CT molecular complexity index is 2900. The second-order valence-electron chi connectivity index (χ2n) is 13.4. The van der Waals surface area contributed by atoms with Gasteiger partial charge in [-0.15, -0.1) is 11.3 Å². The van der Waals surface area contributed by atoms with E-state index in [-0.39, 0.29) is 0 Å². The number of hydrogen-bond donors (Lipinski definition) is 0. The van der Waals surface area contributed by atoms with Crippen LogP contribution in [0.1, 0.15) is 0 Å². The van der Waals surface area contributed by atoms with Crippen molar-refractivity contribution >= 4 is 70.1 Å². The minimum Gasteiger partial charge on any atom is -0.310 e. The number of benzene rings is 9. The van der Waals surface area contributed by atoms with E-state index < -0.39 is 0 Å². The van der Waals surface area contributed by atoms with E-state index in [0.717, 1.165) is 17.1 Å². The summed E-state index contributed by atoms with van der Waals surface area (Å²) in [6.45, 7) is 0. The molecule has 0 atom stereocenters. The number of rotatable bonds is 6. The van der Waals surface area contributed by atoms with Crippen molar-refractivity contribution in [2.45, 2.75) is 0 Å². The third-order valence-electron chi connectivity index (χ3n) is 10.2. The SMILES string of the molecule is c1cc(-c2ccc3ccccc3c2)cc(N(c2ccc(-c3ccc4ccccc4c3)cc2)c2ccc(-c3cccc4sc5ccccc5c34)cc2)c1. The van der Waals surface area contributed by atoms with Crippen LogP contribution in [0.25, 0.3) is 75.1 Å². The predicted octanol–water partition coefficient (Wildman–Crippen LogP) is 14.8. The van der Waals surface area contributed by atoms with Gasteiger partial charge in [0.1, 0.15) is 0 Å². The highest BCUT2D eigenvalue weighted by atomic mass is 32.1. The first kappa shape index (κ1) is 30.4. The quantitative estimate of drug-likeness (QED) is 0.169. The smallest absolute Gasteiger partial charge is 0.0467 e. The molecule has 0 saturated heterocycles. The molecule has 1 heterocycles. The standard InChI is InChI=1S/C50H33NS/c1-3-11-38-31-41(21-19-34(38)9-1)36-23-27-43(28-24-36)51(45-14-7-13-40(33-45)42-22-20-35-10-2-4-12-39(35)32-42)44-29-25-37(26-30-44)46-16-8-18-49-50(46)47-15-5-6-17-48(47)52-49/h1-33H. The Kier molecular flexibility index (Phi) is 7.41. The molecular weight excluding hydrogens is 647 g/mol. The van der Waals surface area contributed by atoms with Crippen LogP contribution in [0.3, 0.4) is 0 Å². The van der Waals surface area contributed by atoms with Crippen LogP contribution in [0.4, 0.5) is 17.1 Å². The molecule has 0 N–H and O–H groups in total. The van der Waals surface area contributed by atoms with Gasteiger partial charge in [-0.05, 0) is 116 Å². The molecule has 0 amide bonds. The number of fused-ring (bicyclic) bond motifs is 5. The van der Waals surface area contributed by atoms with Gasteiger partial charge in [-0.1, -0.05) is 140 Å². The highest BCUT2D eigenvalue weighted by molar-refractivity contribution is 7.25. The Hall–Kier alpha value is -6.48. The van der Waals surface area contributed by atoms with Gasteiger partial charge in [0, 0.05) is 37.2 Å². The summed E-state index contributed by atoms with van der Waals surface area (Å²) in [5, 5.41) is 7.66. The third-order valence-corrected chi connectivity index (χ3v) is 11.4. The molecule has 10 aromatic rings. The third kappa shape index (κ3) is 5.42. The number of hydrogen-bond acceptors (Lipinski definition) is 2. The van der Waals surface area contributed by atoms with Gasteiger partial charge < -0.3 is 4.90 Å². The zero-order valence-corrected chi connectivity index (χ0v) is 29.2. The molecule has 9 aromatic carbocycles. The molecule has 52 heavy (non-hydrogen) atoms. The molecule has 0 aliphatic rings. The van der Waals surface area contributed by atoms with Crippen molar-refractivity contribution in [3.63, 3.8) is 0 Å². The first-order valence-corrected chi connectivity index (χ1v) is 18.6. The largest absolute Gasteiger partial charge is 0.310 e. The van der Waals surface area contributed by atoms with Gasteiger partial charge in [0.25, 0.3) is 0 Å². The average Bonchev–Trinajstić information content (AvgIpc) is 3.60. The van der Waals surface area contributed by atoms with E-state index in [0.29, 0.717) is 0 Å². The lowest BCUT2D eigenvalue weighted by Crippen LogP contribution is -2.10. The van der Waals surface area contributed by atoms with E-state index in [2.05, 4.69) is 205 Å². The van der Waals surface area contributed by atoms with E-state index in [1.54, 1.807) is 0 Å². The van der Waals surface area contributed by atoms with Crippen molar-refractivity contribution in [2.24, 2.45) is 0 Å². The fourth-order valence-electron chi connectivity index (χ4n) is 7.62. The van der Waals surface area contributed by atoms with Crippen LogP contribution < -0.4 is 4.90 Å². The lowest BCUT2D eigenvalue weighted by Gasteiger charge is -2.26. The summed E-state index contributed by atoms with van der Waals surface area (Å²) in [5.41, 5.74) is 10.6. The van der Waals surface area contributed by atoms with Crippen molar-refractivity contribution in [3.05, 3.63) is 200 Å². The number of thiophene rings is 1. The van der Waals surface area contributed by atoms with Crippen molar-refractivity contribution < 1.29 is 0 Å². The van der Waals surface area contributed by atoms with E-state index in [9.17, 15) is 0 Å². The van der Waals surface area contributed by atoms with Gasteiger partial charge in [-0.2, -0.15) is 0 Å². The molecule has 1 nitrogen and oxygen atoms in total. The summed E-state index contributed by atoms with van der Waals surface area (Å²) < 4.78 is 2.65. The molecule has 0 unspecified atom stereocenters. The molecule has 0 saturated carbocycles. The molecule has 1 aromatic heterocycles.